The number of nitrogens with zero attached hydrogens (tertiary/aromatic N) is 3. The minimum absolute atomic E-state index is 0.177. The van der Waals surface area contributed by atoms with E-state index >= 15 is 0 Å². The number of carbonyl (C=O) groups is 1. The van der Waals surface area contributed by atoms with Gasteiger partial charge in [-0.3, -0.25) is 9.48 Å². The molecule has 1 N–H and O–H groups in total. The first-order valence-electron chi connectivity index (χ1n) is 5.31. The number of hydrogen-bond acceptors (Lipinski definition) is 4. The monoisotopic (exact) mass is 208 g/mol. The lowest BCUT2D eigenvalue weighted by Gasteiger charge is -2.00. The van der Waals surface area contributed by atoms with Crippen molar-refractivity contribution in [2.45, 2.75) is 19.3 Å². The van der Waals surface area contributed by atoms with E-state index in [2.05, 4.69) is 15.6 Å². The molecule has 1 aliphatic carbocycles. The highest BCUT2D eigenvalue weighted by Gasteiger charge is 2.20. The van der Waals surface area contributed by atoms with E-state index in [1.807, 2.05) is 0 Å². The molecule has 0 aromatic carbocycles. The number of rotatable bonds is 6. The van der Waals surface area contributed by atoms with Gasteiger partial charge in [0.1, 0.15) is 0 Å². The molecule has 1 aliphatic rings. The normalized spacial score (nSPS) is 15.5. The molecule has 1 aromatic rings. The van der Waals surface area contributed by atoms with Crippen LogP contribution in [0.2, 0.25) is 0 Å². The van der Waals surface area contributed by atoms with Gasteiger partial charge in [0, 0.05) is 13.2 Å². The predicted molar refractivity (Wildman–Crippen MR) is 55.3 cm³/mol. The van der Waals surface area contributed by atoms with Crippen LogP contribution in [-0.4, -0.2) is 33.9 Å². The average Bonchev–Trinajstić information content (AvgIpc) is 2.91. The standard InChI is InChI=1S/C10H16N4O/c1-14-7-9(12-13-14)4-10(15)6-11-5-8-2-3-8/h7-8,11H,2-6H2,1H3. The van der Waals surface area contributed by atoms with E-state index in [0.717, 1.165) is 18.2 Å². The third-order valence-corrected chi connectivity index (χ3v) is 2.48. The molecule has 82 valence electrons. The molecule has 0 spiro atoms. The van der Waals surface area contributed by atoms with Gasteiger partial charge in [-0.15, -0.1) is 5.10 Å². The van der Waals surface area contributed by atoms with Gasteiger partial charge in [-0.25, -0.2) is 0 Å². The van der Waals surface area contributed by atoms with Crippen LogP contribution in [0.5, 0.6) is 0 Å². The number of aromatic nitrogens is 3. The first-order valence-corrected chi connectivity index (χ1v) is 5.31. The second-order valence-corrected chi connectivity index (χ2v) is 4.17. The average molecular weight is 208 g/mol. The fourth-order valence-electron chi connectivity index (χ4n) is 1.48. The third-order valence-electron chi connectivity index (χ3n) is 2.48. The highest BCUT2D eigenvalue weighted by molar-refractivity contribution is 5.82. The summed E-state index contributed by atoms with van der Waals surface area (Å²) in [4.78, 5) is 11.5. The van der Waals surface area contributed by atoms with Crippen molar-refractivity contribution in [2.24, 2.45) is 13.0 Å². The van der Waals surface area contributed by atoms with Crippen LogP contribution in [-0.2, 0) is 18.3 Å². The van der Waals surface area contributed by atoms with Crippen LogP contribution < -0.4 is 5.32 Å². The molecule has 0 saturated heterocycles. The lowest BCUT2D eigenvalue weighted by Crippen LogP contribution is -2.26. The van der Waals surface area contributed by atoms with E-state index in [4.69, 9.17) is 0 Å². The van der Waals surface area contributed by atoms with E-state index in [9.17, 15) is 4.79 Å². The van der Waals surface area contributed by atoms with Gasteiger partial charge in [-0.2, -0.15) is 0 Å². The number of Topliss-reactive ketones (excluding diaryl/α,β-unsaturated/α-hetero) is 1. The molecule has 0 aliphatic heterocycles. The zero-order chi connectivity index (χ0) is 10.7. The summed E-state index contributed by atoms with van der Waals surface area (Å²) in [5.41, 5.74) is 0.746. The van der Waals surface area contributed by atoms with Gasteiger partial charge in [-0.1, -0.05) is 5.21 Å². The van der Waals surface area contributed by atoms with Gasteiger partial charge in [0.25, 0.3) is 0 Å². The quantitative estimate of drug-likeness (QED) is 0.710. The van der Waals surface area contributed by atoms with Gasteiger partial charge in [0.2, 0.25) is 0 Å². The minimum atomic E-state index is 0.177. The molecule has 0 amide bonds. The molecule has 2 rings (SSSR count). The van der Waals surface area contributed by atoms with E-state index in [-0.39, 0.29) is 5.78 Å². The summed E-state index contributed by atoms with van der Waals surface area (Å²) < 4.78 is 1.61. The zero-order valence-electron chi connectivity index (χ0n) is 8.94. The second-order valence-electron chi connectivity index (χ2n) is 4.17. The van der Waals surface area contributed by atoms with E-state index in [1.165, 1.54) is 12.8 Å². The Morgan fingerprint density at radius 2 is 2.47 bits per heavy atom. The molecular formula is C10H16N4O. The number of ketones is 1. The fourth-order valence-corrected chi connectivity index (χ4v) is 1.48. The van der Waals surface area contributed by atoms with Crippen molar-refractivity contribution in [3.8, 4) is 0 Å². The molecular weight excluding hydrogens is 192 g/mol. The van der Waals surface area contributed by atoms with Crippen LogP contribution in [0.1, 0.15) is 18.5 Å². The van der Waals surface area contributed by atoms with Crippen molar-refractivity contribution in [3.05, 3.63) is 11.9 Å². The SMILES string of the molecule is Cn1cc(CC(=O)CNCC2CC2)nn1. The maximum Gasteiger partial charge on any atom is 0.152 e. The highest BCUT2D eigenvalue weighted by Crippen LogP contribution is 2.27. The highest BCUT2D eigenvalue weighted by atomic mass is 16.1. The summed E-state index contributed by atoms with van der Waals surface area (Å²) in [6.07, 6.45) is 4.78. The molecule has 5 nitrogen and oxygen atoms in total. The van der Waals surface area contributed by atoms with E-state index < -0.39 is 0 Å². The van der Waals surface area contributed by atoms with Crippen LogP contribution in [0.25, 0.3) is 0 Å². The Kier molecular flexibility index (Phi) is 3.11. The van der Waals surface area contributed by atoms with Crippen molar-refractivity contribution in [1.29, 1.82) is 0 Å². The largest absolute Gasteiger partial charge is 0.310 e. The van der Waals surface area contributed by atoms with Crippen LogP contribution in [0.3, 0.4) is 0 Å². The van der Waals surface area contributed by atoms with Crippen molar-refractivity contribution >= 4 is 5.78 Å². The second kappa shape index (κ2) is 4.53. The lowest BCUT2D eigenvalue weighted by atomic mass is 10.2. The Balaban J connectivity index is 1.67. The molecule has 0 bridgehead atoms. The topological polar surface area (TPSA) is 59.8 Å². The molecule has 5 heteroatoms. The van der Waals surface area contributed by atoms with Crippen molar-refractivity contribution in [3.63, 3.8) is 0 Å². The molecule has 1 aromatic heterocycles. The summed E-state index contributed by atoms with van der Waals surface area (Å²) in [6, 6.07) is 0. The van der Waals surface area contributed by atoms with Crippen molar-refractivity contribution in [1.82, 2.24) is 20.3 Å². The summed E-state index contributed by atoms with van der Waals surface area (Å²) >= 11 is 0. The third kappa shape index (κ3) is 3.43. The minimum Gasteiger partial charge on any atom is -0.310 e. The Morgan fingerprint density at radius 3 is 3.07 bits per heavy atom. The van der Waals surface area contributed by atoms with Gasteiger partial charge < -0.3 is 5.32 Å². The first-order chi connectivity index (χ1) is 7.24. The van der Waals surface area contributed by atoms with Crippen molar-refractivity contribution in [2.75, 3.05) is 13.1 Å². The molecule has 1 fully saturated rings. The van der Waals surface area contributed by atoms with Gasteiger partial charge in [-0.05, 0) is 25.3 Å². The Morgan fingerprint density at radius 1 is 1.67 bits per heavy atom. The molecule has 1 heterocycles. The Hall–Kier alpha value is -1.23. The van der Waals surface area contributed by atoms with Crippen LogP contribution in [0.15, 0.2) is 6.20 Å². The summed E-state index contributed by atoms with van der Waals surface area (Å²) in [5, 5.41) is 10.8. The Labute approximate surface area is 88.9 Å². The first kappa shape index (κ1) is 10.3. The van der Waals surface area contributed by atoms with Crippen LogP contribution in [0, 0.1) is 5.92 Å². The van der Waals surface area contributed by atoms with Crippen molar-refractivity contribution < 1.29 is 4.79 Å². The molecule has 0 atom stereocenters. The summed E-state index contributed by atoms with van der Waals surface area (Å²) in [6.45, 7) is 1.43. The van der Waals surface area contributed by atoms with Crippen LogP contribution in [0.4, 0.5) is 0 Å². The van der Waals surface area contributed by atoms with E-state index in [0.29, 0.717) is 13.0 Å². The zero-order valence-corrected chi connectivity index (χ0v) is 8.94. The maximum atomic E-state index is 11.5. The molecule has 0 radical (unpaired) electrons. The predicted octanol–water partition coefficient (Wildman–Crippen LogP) is -0.0737. The number of nitrogens with one attached hydrogen (secondary N) is 1. The number of hydrogen-bond donors (Lipinski definition) is 1. The number of carbonyl (C=O) groups excluding carboxylic acids is 1. The molecule has 0 unspecified atom stereocenters. The molecule has 1 saturated carbocycles. The fraction of sp³-hybridized carbons (Fsp3) is 0.700. The molecule has 15 heavy (non-hydrogen) atoms. The smallest absolute Gasteiger partial charge is 0.152 e. The maximum absolute atomic E-state index is 11.5. The van der Waals surface area contributed by atoms with Crippen LogP contribution >= 0.6 is 0 Å². The van der Waals surface area contributed by atoms with E-state index in [1.54, 1.807) is 17.9 Å². The van der Waals surface area contributed by atoms with Gasteiger partial charge >= 0.3 is 0 Å². The lowest BCUT2D eigenvalue weighted by molar-refractivity contribution is -0.117. The summed E-state index contributed by atoms with van der Waals surface area (Å²) in [5.74, 6) is 0.991. The summed E-state index contributed by atoms with van der Waals surface area (Å²) in [7, 11) is 1.80. The Bertz CT molecular complexity index is 343. The number of aryl methyl sites for hydroxylation is 1. The van der Waals surface area contributed by atoms with Gasteiger partial charge in [0.15, 0.2) is 5.78 Å². The van der Waals surface area contributed by atoms with Gasteiger partial charge in [0.05, 0.1) is 18.7 Å².